The molecule has 6 heteroatoms. The van der Waals surface area contributed by atoms with Crippen LogP contribution >= 0.6 is 31.9 Å². The van der Waals surface area contributed by atoms with Crippen molar-refractivity contribution in [3.05, 3.63) is 26.6 Å². The number of ether oxygens (including phenoxy) is 3. The molecule has 0 amide bonds. The summed E-state index contributed by atoms with van der Waals surface area (Å²) in [6.07, 6.45) is 1.61. The van der Waals surface area contributed by atoms with Gasteiger partial charge in [0.2, 0.25) is 0 Å². The molecule has 1 aliphatic rings. The number of methoxy groups -OCH3 is 1. The van der Waals surface area contributed by atoms with E-state index in [2.05, 4.69) is 31.9 Å². The van der Waals surface area contributed by atoms with Gasteiger partial charge in [0, 0.05) is 22.9 Å². The van der Waals surface area contributed by atoms with Crippen LogP contribution in [0.2, 0.25) is 0 Å². The number of Topliss-reactive ketones (excluding diaryl/α,β-unsaturated/α-hetero) is 1. The minimum Gasteiger partial charge on any atom is -0.496 e. The zero-order chi connectivity index (χ0) is 14.5. The Labute approximate surface area is 135 Å². The minimum absolute atomic E-state index is 0.0421. The molecular formula is C14H16Br2O4. The summed E-state index contributed by atoms with van der Waals surface area (Å²) in [6, 6.07) is 3.55. The van der Waals surface area contributed by atoms with Crippen LogP contribution < -0.4 is 4.74 Å². The van der Waals surface area contributed by atoms with Gasteiger partial charge in [0.05, 0.1) is 24.8 Å². The lowest BCUT2D eigenvalue weighted by atomic mass is 10.1. The lowest BCUT2D eigenvalue weighted by molar-refractivity contribution is -0.180. The van der Waals surface area contributed by atoms with Crippen LogP contribution in [0.25, 0.3) is 0 Å². The Morgan fingerprint density at radius 2 is 2.00 bits per heavy atom. The molecule has 0 aliphatic carbocycles. The van der Waals surface area contributed by atoms with Crippen LogP contribution in [0.3, 0.4) is 0 Å². The quantitative estimate of drug-likeness (QED) is 0.693. The second kappa shape index (κ2) is 7.54. The van der Waals surface area contributed by atoms with Crippen molar-refractivity contribution in [3.8, 4) is 5.75 Å². The predicted octanol–water partition coefficient (Wildman–Crippen LogP) is 3.95. The highest BCUT2D eigenvalue weighted by molar-refractivity contribution is 9.11. The lowest BCUT2D eigenvalue weighted by Gasteiger charge is -2.22. The van der Waals surface area contributed by atoms with Gasteiger partial charge in [0.15, 0.2) is 12.1 Å². The van der Waals surface area contributed by atoms with Gasteiger partial charge in [0.25, 0.3) is 0 Å². The molecule has 1 aromatic carbocycles. The first kappa shape index (κ1) is 15.9. The molecule has 0 bridgehead atoms. The minimum atomic E-state index is -0.260. The van der Waals surface area contributed by atoms with Gasteiger partial charge >= 0.3 is 0 Å². The van der Waals surface area contributed by atoms with Gasteiger partial charge in [-0.25, -0.2) is 0 Å². The van der Waals surface area contributed by atoms with Crippen LogP contribution in [0, 0.1) is 0 Å². The van der Waals surface area contributed by atoms with E-state index in [1.807, 2.05) is 6.07 Å². The van der Waals surface area contributed by atoms with Gasteiger partial charge in [-0.2, -0.15) is 0 Å². The molecule has 1 aromatic rings. The smallest absolute Gasteiger partial charge is 0.164 e. The van der Waals surface area contributed by atoms with Crippen LogP contribution in [0.4, 0.5) is 0 Å². The van der Waals surface area contributed by atoms with Crippen molar-refractivity contribution >= 4 is 37.6 Å². The number of rotatable bonds is 5. The summed E-state index contributed by atoms with van der Waals surface area (Å²) in [5.41, 5.74) is 0.612. The third-order valence-electron chi connectivity index (χ3n) is 3.05. The van der Waals surface area contributed by atoms with E-state index in [9.17, 15) is 4.79 Å². The van der Waals surface area contributed by atoms with E-state index in [-0.39, 0.29) is 12.1 Å². The van der Waals surface area contributed by atoms with Crippen LogP contribution in [0.1, 0.15) is 29.6 Å². The Hall–Kier alpha value is -0.430. The number of benzene rings is 1. The van der Waals surface area contributed by atoms with Gasteiger partial charge in [-0.15, -0.1) is 0 Å². The first-order valence-electron chi connectivity index (χ1n) is 6.41. The average molecular weight is 408 g/mol. The molecule has 1 saturated heterocycles. The summed E-state index contributed by atoms with van der Waals surface area (Å²) in [4.78, 5) is 12.3. The fourth-order valence-electron chi connectivity index (χ4n) is 1.99. The van der Waals surface area contributed by atoms with E-state index in [4.69, 9.17) is 14.2 Å². The summed E-state index contributed by atoms with van der Waals surface area (Å²) in [5.74, 6) is 0.683. The number of carbonyl (C=O) groups is 1. The zero-order valence-corrected chi connectivity index (χ0v) is 14.3. The first-order valence-corrected chi connectivity index (χ1v) is 8.00. The van der Waals surface area contributed by atoms with Gasteiger partial charge in [-0.1, -0.05) is 15.9 Å². The molecular weight excluding hydrogens is 392 g/mol. The van der Waals surface area contributed by atoms with Gasteiger partial charge < -0.3 is 14.2 Å². The Morgan fingerprint density at radius 1 is 1.30 bits per heavy atom. The van der Waals surface area contributed by atoms with E-state index in [0.717, 1.165) is 15.4 Å². The molecule has 1 aliphatic heterocycles. The van der Waals surface area contributed by atoms with Crippen LogP contribution in [-0.4, -0.2) is 32.4 Å². The van der Waals surface area contributed by atoms with Crippen LogP contribution in [0.5, 0.6) is 5.75 Å². The van der Waals surface area contributed by atoms with E-state index in [1.54, 1.807) is 13.2 Å². The Kier molecular flexibility index (Phi) is 6.01. The van der Waals surface area contributed by atoms with Crippen molar-refractivity contribution in [1.29, 1.82) is 0 Å². The highest BCUT2D eigenvalue weighted by atomic mass is 79.9. The van der Waals surface area contributed by atoms with Crippen molar-refractivity contribution < 1.29 is 19.0 Å². The molecule has 110 valence electrons. The van der Waals surface area contributed by atoms with Crippen molar-refractivity contribution in [2.75, 3.05) is 20.3 Å². The summed E-state index contributed by atoms with van der Waals surface area (Å²) >= 11 is 6.79. The molecule has 1 heterocycles. The monoisotopic (exact) mass is 406 g/mol. The SMILES string of the molecule is COc1cc(C(=O)CCC2OCCCO2)c(Br)cc1Br. The van der Waals surface area contributed by atoms with Gasteiger partial charge in [-0.3, -0.25) is 4.79 Å². The Bertz CT molecular complexity index is 484. The third kappa shape index (κ3) is 4.04. The molecule has 0 N–H and O–H groups in total. The second-order valence-electron chi connectivity index (χ2n) is 4.45. The standard InChI is InChI=1S/C14H16Br2O4/c1-18-13-7-9(10(15)8-11(13)16)12(17)3-4-14-19-5-2-6-20-14/h7-8,14H,2-6H2,1H3. The van der Waals surface area contributed by atoms with Gasteiger partial charge in [0.1, 0.15) is 5.75 Å². The van der Waals surface area contributed by atoms with Crippen LogP contribution in [-0.2, 0) is 9.47 Å². The topological polar surface area (TPSA) is 44.8 Å². The lowest BCUT2D eigenvalue weighted by Crippen LogP contribution is -2.25. The molecule has 0 aromatic heterocycles. The molecule has 1 fully saturated rings. The van der Waals surface area contributed by atoms with Crippen LogP contribution in [0.15, 0.2) is 21.1 Å². The maximum absolute atomic E-state index is 12.3. The van der Waals surface area contributed by atoms with E-state index >= 15 is 0 Å². The first-order chi connectivity index (χ1) is 9.61. The number of ketones is 1. The predicted molar refractivity (Wildman–Crippen MR) is 82.3 cm³/mol. The Balaban J connectivity index is 2.01. The van der Waals surface area contributed by atoms with Gasteiger partial charge in [-0.05, 0) is 34.5 Å². The van der Waals surface area contributed by atoms with E-state index < -0.39 is 0 Å². The normalized spacial score (nSPS) is 16.1. The average Bonchev–Trinajstić information content (AvgIpc) is 2.46. The number of hydrogen-bond acceptors (Lipinski definition) is 4. The largest absolute Gasteiger partial charge is 0.496 e. The molecule has 2 rings (SSSR count). The fourth-order valence-corrected chi connectivity index (χ4v) is 3.36. The summed E-state index contributed by atoms with van der Waals surface area (Å²) in [7, 11) is 1.58. The summed E-state index contributed by atoms with van der Waals surface area (Å²) in [6.45, 7) is 1.41. The molecule has 4 nitrogen and oxygen atoms in total. The maximum atomic E-state index is 12.3. The molecule has 0 unspecified atom stereocenters. The highest BCUT2D eigenvalue weighted by Crippen LogP contribution is 2.32. The number of hydrogen-bond donors (Lipinski definition) is 0. The van der Waals surface area contributed by atoms with E-state index in [0.29, 0.717) is 37.4 Å². The Morgan fingerprint density at radius 3 is 2.65 bits per heavy atom. The molecule has 20 heavy (non-hydrogen) atoms. The molecule has 0 atom stereocenters. The summed E-state index contributed by atoms with van der Waals surface area (Å²) < 4.78 is 17.7. The summed E-state index contributed by atoms with van der Waals surface area (Å²) in [5, 5.41) is 0. The van der Waals surface area contributed by atoms with Crippen molar-refractivity contribution in [2.24, 2.45) is 0 Å². The highest BCUT2D eigenvalue weighted by Gasteiger charge is 2.18. The molecule has 0 radical (unpaired) electrons. The fraction of sp³-hybridized carbons (Fsp3) is 0.500. The molecule has 0 spiro atoms. The second-order valence-corrected chi connectivity index (χ2v) is 6.16. The maximum Gasteiger partial charge on any atom is 0.164 e. The van der Waals surface area contributed by atoms with Crippen molar-refractivity contribution in [1.82, 2.24) is 0 Å². The van der Waals surface area contributed by atoms with Crippen molar-refractivity contribution in [2.45, 2.75) is 25.6 Å². The third-order valence-corrected chi connectivity index (χ3v) is 4.32. The van der Waals surface area contributed by atoms with Crippen molar-refractivity contribution in [3.63, 3.8) is 0 Å². The molecule has 0 saturated carbocycles. The number of halogens is 2. The zero-order valence-electron chi connectivity index (χ0n) is 11.2. The number of carbonyl (C=O) groups excluding carboxylic acids is 1. The van der Waals surface area contributed by atoms with E-state index in [1.165, 1.54) is 0 Å².